The number of benzene rings is 1. The Labute approximate surface area is 125 Å². The van der Waals surface area contributed by atoms with Crippen molar-refractivity contribution in [1.82, 2.24) is 0 Å². The first-order valence-electron chi connectivity index (χ1n) is 7.09. The first-order valence-corrected chi connectivity index (χ1v) is 7.09. The molecule has 0 fully saturated rings. The fourth-order valence-electron chi connectivity index (χ4n) is 1.70. The molecule has 0 aromatic heterocycles. The Morgan fingerprint density at radius 2 is 2.00 bits per heavy atom. The van der Waals surface area contributed by atoms with E-state index in [1.165, 1.54) is 0 Å². The van der Waals surface area contributed by atoms with Crippen molar-refractivity contribution >= 4 is 23.3 Å². The van der Waals surface area contributed by atoms with Gasteiger partial charge < -0.3 is 21.1 Å². The van der Waals surface area contributed by atoms with Gasteiger partial charge in [-0.1, -0.05) is 6.92 Å². The lowest BCUT2D eigenvalue weighted by Crippen LogP contribution is -2.27. The summed E-state index contributed by atoms with van der Waals surface area (Å²) < 4.78 is 4.96. The molecule has 0 aliphatic rings. The van der Waals surface area contributed by atoms with Crippen molar-refractivity contribution in [3.05, 3.63) is 23.8 Å². The van der Waals surface area contributed by atoms with Crippen LogP contribution in [-0.2, 0) is 9.53 Å². The number of rotatable bonds is 7. The van der Waals surface area contributed by atoms with Crippen LogP contribution < -0.4 is 16.4 Å². The van der Waals surface area contributed by atoms with Crippen molar-refractivity contribution in [3.63, 3.8) is 0 Å². The maximum atomic E-state index is 12.0. The maximum absolute atomic E-state index is 12.0. The van der Waals surface area contributed by atoms with Crippen molar-refractivity contribution < 1.29 is 14.3 Å². The number of carbonyl (C=O) groups excluding carboxylic acids is 2. The molecule has 6 heteroatoms. The van der Waals surface area contributed by atoms with E-state index in [0.29, 0.717) is 24.4 Å². The van der Waals surface area contributed by atoms with Crippen LogP contribution in [0.25, 0.3) is 0 Å². The summed E-state index contributed by atoms with van der Waals surface area (Å²) in [6.45, 7) is 6.72. The summed E-state index contributed by atoms with van der Waals surface area (Å²) in [7, 11) is 0. The fraction of sp³-hybridized carbons (Fsp3) is 0.467. The third kappa shape index (κ3) is 4.75. The van der Waals surface area contributed by atoms with Crippen molar-refractivity contribution in [2.45, 2.75) is 20.8 Å². The molecular formula is C15H23N3O3. The molecule has 0 saturated carbocycles. The molecule has 1 atom stereocenters. The molecule has 0 saturated heterocycles. The number of nitrogens with one attached hydrogen (secondary N) is 2. The van der Waals surface area contributed by atoms with E-state index >= 15 is 0 Å². The lowest BCUT2D eigenvalue weighted by atomic mass is 10.1. The van der Waals surface area contributed by atoms with E-state index in [0.717, 1.165) is 5.69 Å². The largest absolute Gasteiger partial charge is 0.462 e. The van der Waals surface area contributed by atoms with Gasteiger partial charge in [-0.3, -0.25) is 4.79 Å². The van der Waals surface area contributed by atoms with Gasteiger partial charge in [0.25, 0.3) is 0 Å². The highest BCUT2D eigenvalue weighted by molar-refractivity contribution is 5.98. The van der Waals surface area contributed by atoms with Gasteiger partial charge in [-0.05, 0) is 32.0 Å². The Morgan fingerprint density at radius 1 is 1.29 bits per heavy atom. The molecule has 1 aromatic carbocycles. The van der Waals surface area contributed by atoms with E-state index in [-0.39, 0.29) is 18.4 Å². The van der Waals surface area contributed by atoms with Gasteiger partial charge in [0.2, 0.25) is 5.91 Å². The molecule has 6 nitrogen and oxygen atoms in total. The number of esters is 1. The lowest BCUT2D eigenvalue weighted by Gasteiger charge is -2.15. The Bertz CT molecular complexity index is 503. The van der Waals surface area contributed by atoms with Crippen LogP contribution in [0.2, 0.25) is 0 Å². The van der Waals surface area contributed by atoms with Crippen LogP contribution in [0.4, 0.5) is 11.4 Å². The highest BCUT2D eigenvalue weighted by Gasteiger charge is 2.15. The van der Waals surface area contributed by atoms with E-state index in [1.54, 1.807) is 32.0 Å². The number of nitrogens with two attached hydrogens (primary N) is 1. The summed E-state index contributed by atoms with van der Waals surface area (Å²) in [5.74, 6) is -0.897. The number of amides is 1. The highest BCUT2D eigenvalue weighted by Crippen LogP contribution is 2.24. The average molecular weight is 293 g/mol. The standard InChI is InChI=1S/C15H23N3O3/c1-4-17-12-7-6-11(15(20)21-5-2)8-13(12)18-14(19)10(3)9-16/h6-8,10,17H,4-5,9,16H2,1-3H3,(H,18,19). The zero-order chi connectivity index (χ0) is 15.8. The molecule has 0 spiro atoms. The Hall–Kier alpha value is -2.08. The van der Waals surface area contributed by atoms with Crippen LogP contribution in [0.1, 0.15) is 31.1 Å². The zero-order valence-electron chi connectivity index (χ0n) is 12.7. The monoisotopic (exact) mass is 293 g/mol. The third-order valence-corrected chi connectivity index (χ3v) is 2.96. The van der Waals surface area contributed by atoms with E-state index in [1.807, 2.05) is 6.92 Å². The summed E-state index contributed by atoms with van der Waals surface area (Å²) in [6.07, 6.45) is 0. The number of hydrogen-bond acceptors (Lipinski definition) is 5. The van der Waals surface area contributed by atoms with Crippen LogP contribution in [0.3, 0.4) is 0 Å². The van der Waals surface area contributed by atoms with Gasteiger partial charge in [-0.2, -0.15) is 0 Å². The predicted octanol–water partition coefficient (Wildman–Crippen LogP) is 1.83. The van der Waals surface area contributed by atoms with Gasteiger partial charge in [-0.25, -0.2) is 4.79 Å². The quantitative estimate of drug-likeness (QED) is 0.667. The second-order valence-electron chi connectivity index (χ2n) is 4.64. The molecule has 4 N–H and O–H groups in total. The minimum Gasteiger partial charge on any atom is -0.462 e. The smallest absolute Gasteiger partial charge is 0.338 e. The molecule has 0 heterocycles. The molecule has 0 bridgehead atoms. The summed E-state index contributed by atoms with van der Waals surface area (Å²) in [5.41, 5.74) is 7.19. The second kappa shape index (κ2) is 8.26. The molecule has 0 radical (unpaired) electrons. The second-order valence-corrected chi connectivity index (χ2v) is 4.64. The minimum atomic E-state index is -0.414. The molecule has 116 valence electrons. The van der Waals surface area contributed by atoms with Crippen molar-refractivity contribution in [3.8, 4) is 0 Å². The van der Waals surface area contributed by atoms with Gasteiger partial charge in [0.1, 0.15) is 0 Å². The summed E-state index contributed by atoms with van der Waals surface area (Å²) >= 11 is 0. The molecule has 1 amide bonds. The molecule has 0 aliphatic carbocycles. The van der Waals surface area contributed by atoms with E-state index in [2.05, 4.69) is 10.6 Å². The lowest BCUT2D eigenvalue weighted by molar-refractivity contribution is -0.119. The molecule has 0 aliphatic heterocycles. The average Bonchev–Trinajstić information content (AvgIpc) is 2.48. The summed E-state index contributed by atoms with van der Waals surface area (Å²) in [6, 6.07) is 5.02. The van der Waals surface area contributed by atoms with Gasteiger partial charge in [-0.15, -0.1) is 0 Å². The fourth-order valence-corrected chi connectivity index (χ4v) is 1.70. The highest BCUT2D eigenvalue weighted by atomic mass is 16.5. The van der Waals surface area contributed by atoms with Crippen LogP contribution in [0.5, 0.6) is 0 Å². The van der Waals surface area contributed by atoms with Crippen LogP contribution in [0, 0.1) is 5.92 Å². The number of hydrogen-bond donors (Lipinski definition) is 3. The molecule has 1 unspecified atom stereocenters. The van der Waals surface area contributed by atoms with E-state index in [4.69, 9.17) is 10.5 Å². The number of carbonyl (C=O) groups is 2. The SMILES string of the molecule is CCNc1ccc(C(=O)OCC)cc1NC(=O)C(C)CN. The molecular weight excluding hydrogens is 270 g/mol. The minimum absolute atomic E-state index is 0.183. The van der Waals surface area contributed by atoms with Crippen LogP contribution in [-0.4, -0.2) is 31.6 Å². The molecule has 21 heavy (non-hydrogen) atoms. The molecule has 1 rings (SSSR count). The van der Waals surface area contributed by atoms with Crippen molar-refractivity contribution in [2.24, 2.45) is 11.7 Å². The van der Waals surface area contributed by atoms with Crippen LogP contribution >= 0.6 is 0 Å². The predicted molar refractivity (Wildman–Crippen MR) is 83.4 cm³/mol. The maximum Gasteiger partial charge on any atom is 0.338 e. The topological polar surface area (TPSA) is 93.5 Å². The first-order chi connectivity index (χ1) is 10.0. The van der Waals surface area contributed by atoms with E-state index < -0.39 is 5.97 Å². The zero-order valence-corrected chi connectivity index (χ0v) is 12.7. The Kier molecular flexibility index (Phi) is 6.68. The number of anilines is 2. The van der Waals surface area contributed by atoms with Gasteiger partial charge in [0.05, 0.1) is 23.5 Å². The van der Waals surface area contributed by atoms with Crippen LogP contribution in [0.15, 0.2) is 18.2 Å². The first kappa shape index (κ1) is 17.0. The summed E-state index contributed by atoms with van der Waals surface area (Å²) in [5, 5.41) is 5.93. The molecule has 1 aromatic rings. The van der Waals surface area contributed by atoms with Crippen molar-refractivity contribution in [2.75, 3.05) is 30.3 Å². The van der Waals surface area contributed by atoms with Crippen molar-refractivity contribution in [1.29, 1.82) is 0 Å². The number of ether oxygens (including phenoxy) is 1. The van der Waals surface area contributed by atoms with E-state index in [9.17, 15) is 9.59 Å². The third-order valence-electron chi connectivity index (χ3n) is 2.96. The van der Waals surface area contributed by atoms with Gasteiger partial charge in [0.15, 0.2) is 0 Å². The van der Waals surface area contributed by atoms with Gasteiger partial charge in [0, 0.05) is 19.0 Å². The van der Waals surface area contributed by atoms with Gasteiger partial charge >= 0.3 is 5.97 Å². The Morgan fingerprint density at radius 3 is 2.57 bits per heavy atom. The Balaban J connectivity index is 3.03. The normalized spacial score (nSPS) is 11.6. The summed E-state index contributed by atoms with van der Waals surface area (Å²) in [4.78, 5) is 23.7.